The monoisotopic (exact) mass is 289 g/mol. The van der Waals surface area contributed by atoms with Crippen molar-refractivity contribution < 1.29 is 14.3 Å². The molecule has 1 N–H and O–H groups in total. The quantitative estimate of drug-likeness (QED) is 0.908. The van der Waals surface area contributed by atoms with Gasteiger partial charge < -0.3 is 10.0 Å². The Kier molecular flexibility index (Phi) is 3.03. The van der Waals surface area contributed by atoms with Crippen molar-refractivity contribution in [1.82, 2.24) is 4.90 Å². The second-order valence-electron chi connectivity index (χ2n) is 6.82. The van der Waals surface area contributed by atoms with Gasteiger partial charge in [-0.25, -0.2) is 4.39 Å². The van der Waals surface area contributed by atoms with Crippen LogP contribution in [0.1, 0.15) is 31.2 Å². The molecular weight excluding hydrogens is 269 g/mol. The van der Waals surface area contributed by atoms with E-state index in [0.717, 1.165) is 12.0 Å². The lowest BCUT2D eigenvalue weighted by Gasteiger charge is -2.46. The van der Waals surface area contributed by atoms with Crippen LogP contribution in [0.2, 0.25) is 0 Å². The maximum Gasteiger partial charge on any atom is 0.225 e. The first kappa shape index (κ1) is 13.3. The van der Waals surface area contributed by atoms with Crippen molar-refractivity contribution in [2.75, 3.05) is 0 Å². The Labute approximate surface area is 123 Å². The minimum absolute atomic E-state index is 0.0422. The number of hydrogen-bond acceptors (Lipinski definition) is 2. The summed E-state index contributed by atoms with van der Waals surface area (Å²) >= 11 is 0. The molecule has 0 aromatic heterocycles. The van der Waals surface area contributed by atoms with Gasteiger partial charge in [0.2, 0.25) is 5.91 Å². The lowest BCUT2D eigenvalue weighted by molar-refractivity contribution is -0.149. The van der Waals surface area contributed by atoms with E-state index in [9.17, 15) is 14.3 Å². The first-order valence-electron chi connectivity index (χ1n) is 7.85. The van der Waals surface area contributed by atoms with Gasteiger partial charge >= 0.3 is 0 Å². The standard InChI is InChI=1S/C17H20FNO2/c18-13-5-1-10(2-6-13)9-19-15(21)8-14(20)16-11-3-4-12(7-11)17(16)19/h1-2,5-6,11-12,14,16-17,20H,3-4,7-9H2. The van der Waals surface area contributed by atoms with Crippen molar-refractivity contribution in [3.05, 3.63) is 35.6 Å². The zero-order valence-corrected chi connectivity index (χ0v) is 11.9. The van der Waals surface area contributed by atoms with E-state index >= 15 is 0 Å². The fourth-order valence-electron chi connectivity index (χ4n) is 4.89. The highest BCUT2D eigenvalue weighted by molar-refractivity contribution is 5.78. The summed E-state index contributed by atoms with van der Waals surface area (Å²) in [6.07, 6.45) is 3.29. The van der Waals surface area contributed by atoms with Gasteiger partial charge in [-0.2, -0.15) is 0 Å². The first-order chi connectivity index (χ1) is 10.1. The third-order valence-corrected chi connectivity index (χ3v) is 5.71. The third-order valence-electron chi connectivity index (χ3n) is 5.71. The fourth-order valence-corrected chi connectivity index (χ4v) is 4.89. The van der Waals surface area contributed by atoms with Crippen molar-refractivity contribution in [1.29, 1.82) is 0 Å². The summed E-state index contributed by atoms with van der Waals surface area (Å²) in [4.78, 5) is 14.3. The normalized spacial score (nSPS) is 37.9. The number of carbonyl (C=O) groups excluding carboxylic acids is 1. The van der Waals surface area contributed by atoms with Crippen LogP contribution in [-0.2, 0) is 11.3 Å². The summed E-state index contributed by atoms with van der Waals surface area (Å²) in [5.74, 6) is 1.16. The summed E-state index contributed by atoms with van der Waals surface area (Å²) < 4.78 is 13.0. The maximum absolute atomic E-state index is 13.0. The smallest absolute Gasteiger partial charge is 0.225 e. The number of benzene rings is 1. The number of amides is 1. The van der Waals surface area contributed by atoms with Crippen molar-refractivity contribution in [3.8, 4) is 0 Å². The molecular formula is C17H20FNO2. The van der Waals surface area contributed by atoms with Gasteiger partial charge in [0, 0.05) is 18.5 Å². The van der Waals surface area contributed by atoms with Crippen LogP contribution in [-0.4, -0.2) is 28.1 Å². The molecule has 1 saturated heterocycles. The van der Waals surface area contributed by atoms with Crippen LogP contribution in [0.15, 0.2) is 24.3 Å². The van der Waals surface area contributed by atoms with Crippen molar-refractivity contribution in [2.45, 2.75) is 44.4 Å². The predicted molar refractivity (Wildman–Crippen MR) is 75.7 cm³/mol. The Bertz CT molecular complexity index is 558. The average molecular weight is 289 g/mol. The lowest BCUT2D eigenvalue weighted by Crippen LogP contribution is -2.56. The topological polar surface area (TPSA) is 40.5 Å². The predicted octanol–water partition coefficient (Wildman–Crippen LogP) is 2.33. The molecule has 1 heterocycles. The van der Waals surface area contributed by atoms with Crippen LogP contribution in [0.5, 0.6) is 0 Å². The van der Waals surface area contributed by atoms with Gasteiger partial charge in [-0.3, -0.25) is 4.79 Å². The molecule has 2 saturated carbocycles. The molecule has 3 nitrogen and oxygen atoms in total. The van der Waals surface area contributed by atoms with E-state index < -0.39 is 6.10 Å². The molecule has 2 aliphatic carbocycles. The number of carbonyl (C=O) groups is 1. The first-order valence-corrected chi connectivity index (χ1v) is 7.85. The van der Waals surface area contributed by atoms with Crippen molar-refractivity contribution >= 4 is 5.91 Å². The Balaban J connectivity index is 1.61. The maximum atomic E-state index is 13.0. The Hall–Kier alpha value is -1.42. The number of halogens is 1. The number of nitrogens with zero attached hydrogens (tertiary/aromatic N) is 1. The van der Waals surface area contributed by atoms with Crippen LogP contribution in [0.3, 0.4) is 0 Å². The Morgan fingerprint density at radius 1 is 1.19 bits per heavy atom. The van der Waals surface area contributed by atoms with Crippen LogP contribution in [0.4, 0.5) is 4.39 Å². The number of piperidine rings is 1. The summed E-state index contributed by atoms with van der Waals surface area (Å²) in [7, 11) is 0. The zero-order valence-electron chi connectivity index (χ0n) is 11.9. The van der Waals surface area contributed by atoms with E-state index in [0.29, 0.717) is 18.4 Å². The van der Waals surface area contributed by atoms with Gasteiger partial charge in [-0.1, -0.05) is 12.1 Å². The average Bonchev–Trinajstić information content (AvgIpc) is 3.06. The molecule has 1 aliphatic heterocycles. The highest BCUT2D eigenvalue weighted by atomic mass is 19.1. The molecule has 1 aromatic rings. The number of aliphatic hydroxyl groups excluding tert-OH is 1. The van der Waals surface area contributed by atoms with Gasteiger partial charge in [0.15, 0.2) is 0 Å². The molecule has 4 heteroatoms. The third kappa shape index (κ3) is 2.08. The van der Waals surface area contributed by atoms with E-state index in [1.807, 2.05) is 4.90 Å². The molecule has 0 radical (unpaired) electrons. The summed E-state index contributed by atoms with van der Waals surface area (Å²) in [6, 6.07) is 6.56. The Morgan fingerprint density at radius 2 is 1.90 bits per heavy atom. The van der Waals surface area contributed by atoms with E-state index in [-0.39, 0.29) is 30.1 Å². The fraction of sp³-hybridized carbons (Fsp3) is 0.588. The number of hydrogen-bond donors (Lipinski definition) is 1. The number of aliphatic hydroxyl groups is 1. The molecule has 21 heavy (non-hydrogen) atoms. The van der Waals surface area contributed by atoms with Crippen LogP contribution in [0.25, 0.3) is 0 Å². The molecule has 4 rings (SSSR count). The summed E-state index contributed by atoms with van der Waals surface area (Å²) in [5.41, 5.74) is 0.961. The lowest BCUT2D eigenvalue weighted by atomic mass is 9.76. The van der Waals surface area contributed by atoms with Crippen LogP contribution < -0.4 is 0 Å². The highest BCUT2D eigenvalue weighted by Crippen LogP contribution is 2.54. The molecule has 3 fully saturated rings. The molecule has 3 aliphatic rings. The number of fused-ring (bicyclic) bond motifs is 5. The Morgan fingerprint density at radius 3 is 2.67 bits per heavy atom. The van der Waals surface area contributed by atoms with Crippen LogP contribution >= 0.6 is 0 Å². The molecule has 0 spiro atoms. The van der Waals surface area contributed by atoms with E-state index in [2.05, 4.69) is 0 Å². The molecule has 2 bridgehead atoms. The van der Waals surface area contributed by atoms with Gasteiger partial charge in [0.05, 0.1) is 12.5 Å². The van der Waals surface area contributed by atoms with E-state index in [1.165, 1.54) is 25.0 Å². The van der Waals surface area contributed by atoms with Crippen LogP contribution in [0, 0.1) is 23.6 Å². The summed E-state index contributed by atoms with van der Waals surface area (Å²) in [6.45, 7) is 0.538. The summed E-state index contributed by atoms with van der Waals surface area (Å²) in [5, 5.41) is 10.3. The van der Waals surface area contributed by atoms with Gasteiger partial charge in [-0.05, 0) is 48.8 Å². The zero-order chi connectivity index (χ0) is 14.6. The minimum Gasteiger partial charge on any atom is -0.392 e. The van der Waals surface area contributed by atoms with E-state index in [4.69, 9.17) is 0 Å². The second-order valence-corrected chi connectivity index (χ2v) is 6.82. The van der Waals surface area contributed by atoms with Gasteiger partial charge in [0.25, 0.3) is 0 Å². The highest BCUT2D eigenvalue weighted by Gasteiger charge is 2.56. The number of rotatable bonds is 2. The van der Waals surface area contributed by atoms with Crippen molar-refractivity contribution in [2.24, 2.45) is 17.8 Å². The largest absolute Gasteiger partial charge is 0.392 e. The second kappa shape index (κ2) is 4.80. The van der Waals surface area contributed by atoms with Crippen molar-refractivity contribution in [3.63, 3.8) is 0 Å². The molecule has 5 unspecified atom stereocenters. The number of likely N-dealkylation sites (tertiary alicyclic amines) is 1. The van der Waals surface area contributed by atoms with Gasteiger partial charge in [-0.15, -0.1) is 0 Å². The minimum atomic E-state index is -0.470. The molecule has 1 aromatic carbocycles. The SMILES string of the molecule is O=C1CC(O)C2C3CCC(C3)C2N1Cc1ccc(F)cc1. The van der Waals surface area contributed by atoms with Gasteiger partial charge in [0.1, 0.15) is 5.82 Å². The molecule has 5 atom stereocenters. The molecule has 1 amide bonds. The molecule has 112 valence electrons. The van der Waals surface area contributed by atoms with E-state index in [1.54, 1.807) is 12.1 Å².